The van der Waals surface area contributed by atoms with E-state index in [1.165, 1.54) is 0 Å². The van der Waals surface area contributed by atoms with Gasteiger partial charge in [0.2, 0.25) is 29.5 Å². The van der Waals surface area contributed by atoms with Crippen molar-refractivity contribution in [2.24, 2.45) is 17.2 Å². The van der Waals surface area contributed by atoms with Crippen molar-refractivity contribution in [2.45, 2.75) is 56.7 Å². The van der Waals surface area contributed by atoms with Gasteiger partial charge >= 0.3 is 0 Å². The molecule has 0 heterocycles. The fraction of sp³-hybridized carbons (Fsp3) is 0.370. The molecular weight excluding hydrogens is 488 g/mol. The smallest absolute Gasteiger partial charge is 0.243 e. The molecule has 0 radical (unpaired) electrons. The van der Waals surface area contributed by atoms with Crippen LogP contribution in [0.2, 0.25) is 0 Å². The zero-order chi connectivity index (χ0) is 27.9. The van der Waals surface area contributed by atoms with E-state index in [0.717, 1.165) is 11.1 Å². The highest BCUT2D eigenvalue weighted by molar-refractivity contribution is 5.95. The molecule has 0 aromatic heterocycles. The highest BCUT2D eigenvalue weighted by Gasteiger charge is 2.29. The summed E-state index contributed by atoms with van der Waals surface area (Å²) in [4.78, 5) is 62.2. The maximum atomic E-state index is 13.4. The van der Waals surface area contributed by atoms with Gasteiger partial charge in [0.15, 0.2) is 0 Å². The molecule has 0 bridgehead atoms. The van der Waals surface area contributed by atoms with Crippen LogP contribution in [0.4, 0.5) is 0 Å². The van der Waals surface area contributed by atoms with Gasteiger partial charge in [0.05, 0.1) is 12.8 Å². The zero-order valence-electron chi connectivity index (χ0n) is 21.2. The molecule has 9 N–H and O–H groups in total. The van der Waals surface area contributed by atoms with Crippen LogP contribution in [0, 0.1) is 0 Å². The highest BCUT2D eigenvalue weighted by Crippen LogP contribution is 2.08. The molecule has 2 aromatic rings. The second kappa shape index (κ2) is 15.8. The van der Waals surface area contributed by atoms with Crippen LogP contribution < -0.4 is 33.2 Å². The quantitative estimate of drug-likeness (QED) is 0.159. The van der Waals surface area contributed by atoms with Crippen molar-refractivity contribution in [1.82, 2.24) is 16.0 Å². The Balaban J connectivity index is 2.20. The summed E-state index contributed by atoms with van der Waals surface area (Å²) in [5.74, 6) is -3.38. The van der Waals surface area contributed by atoms with E-state index in [2.05, 4.69) is 16.0 Å². The lowest BCUT2D eigenvalue weighted by Gasteiger charge is -2.25. The van der Waals surface area contributed by atoms with Crippen molar-refractivity contribution >= 4 is 29.5 Å². The molecule has 11 nitrogen and oxygen atoms in total. The number of amides is 5. The molecule has 0 aliphatic carbocycles. The molecule has 3 atom stereocenters. The Bertz CT molecular complexity index is 1080. The minimum Gasteiger partial charge on any atom is -0.370 e. The molecule has 0 saturated carbocycles. The third-order valence-corrected chi connectivity index (χ3v) is 5.79. The lowest BCUT2D eigenvalue weighted by molar-refractivity contribution is -0.134. The number of hydrogen-bond donors (Lipinski definition) is 6. The van der Waals surface area contributed by atoms with Crippen LogP contribution in [0.25, 0.3) is 0 Å². The van der Waals surface area contributed by atoms with Gasteiger partial charge in [0.1, 0.15) is 18.1 Å². The third-order valence-electron chi connectivity index (χ3n) is 5.79. The summed E-state index contributed by atoms with van der Waals surface area (Å²) in [7, 11) is 0. The van der Waals surface area contributed by atoms with E-state index in [4.69, 9.17) is 17.2 Å². The summed E-state index contributed by atoms with van der Waals surface area (Å²) in [5.41, 5.74) is 17.6. The maximum Gasteiger partial charge on any atom is 0.243 e. The number of benzene rings is 2. The Morgan fingerprint density at radius 2 is 1.24 bits per heavy atom. The van der Waals surface area contributed by atoms with E-state index in [0.29, 0.717) is 19.4 Å². The maximum absolute atomic E-state index is 13.4. The van der Waals surface area contributed by atoms with Crippen LogP contribution in [0.5, 0.6) is 0 Å². The first kappa shape index (κ1) is 30.0. The normalized spacial score (nSPS) is 13.0. The van der Waals surface area contributed by atoms with E-state index in [1.54, 1.807) is 0 Å². The molecule has 204 valence electrons. The molecule has 5 amide bonds. The molecule has 0 spiro atoms. The average Bonchev–Trinajstić information content (AvgIpc) is 2.88. The number of carbonyl (C=O) groups excluding carboxylic acids is 5. The average molecular weight is 525 g/mol. The summed E-state index contributed by atoms with van der Waals surface area (Å²) >= 11 is 0. The van der Waals surface area contributed by atoms with Crippen LogP contribution in [-0.2, 0) is 36.8 Å². The predicted octanol–water partition coefficient (Wildman–Crippen LogP) is -0.584. The first-order valence-corrected chi connectivity index (χ1v) is 12.4. The van der Waals surface area contributed by atoms with Gasteiger partial charge in [-0.3, -0.25) is 24.0 Å². The van der Waals surface area contributed by atoms with Crippen LogP contribution in [-0.4, -0.2) is 54.2 Å². The molecular formula is C27H36N6O5. The Hall–Kier alpha value is -4.25. The van der Waals surface area contributed by atoms with E-state index < -0.39 is 48.2 Å². The minimum atomic E-state index is -1.32. The molecule has 0 saturated heterocycles. The van der Waals surface area contributed by atoms with Gasteiger partial charge in [-0.15, -0.1) is 0 Å². The van der Waals surface area contributed by atoms with Crippen LogP contribution in [0.15, 0.2) is 60.7 Å². The second-order valence-corrected chi connectivity index (χ2v) is 8.95. The number of nitrogens with two attached hydrogens (primary N) is 3. The molecule has 0 unspecified atom stereocenters. The lowest BCUT2D eigenvalue weighted by atomic mass is 10.0. The fourth-order valence-corrected chi connectivity index (χ4v) is 3.82. The Morgan fingerprint density at radius 1 is 0.684 bits per heavy atom. The predicted molar refractivity (Wildman–Crippen MR) is 142 cm³/mol. The van der Waals surface area contributed by atoms with Gasteiger partial charge in [0.25, 0.3) is 0 Å². The topological polar surface area (TPSA) is 200 Å². The molecule has 0 fully saturated rings. The van der Waals surface area contributed by atoms with Crippen molar-refractivity contribution in [1.29, 1.82) is 0 Å². The van der Waals surface area contributed by atoms with Crippen molar-refractivity contribution in [3.05, 3.63) is 71.8 Å². The van der Waals surface area contributed by atoms with Crippen LogP contribution >= 0.6 is 0 Å². The molecule has 2 aromatic carbocycles. The van der Waals surface area contributed by atoms with Crippen LogP contribution in [0.1, 0.15) is 36.8 Å². The van der Waals surface area contributed by atoms with Gasteiger partial charge in [0, 0.05) is 6.42 Å². The number of unbranched alkanes of at least 4 members (excludes halogenated alkanes) is 1. The van der Waals surface area contributed by atoms with Gasteiger partial charge in [-0.2, -0.15) is 0 Å². The highest BCUT2D eigenvalue weighted by atomic mass is 16.2. The number of primary amides is 2. The minimum absolute atomic E-state index is 0.0766. The Morgan fingerprint density at radius 3 is 1.79 bits per heavy atom. The molecule has 2 rings (SSSR count). The van der Waals surface area contributed by atoms with Crippen molar-refractivity contribution in [2.75, 3.05) is 6.54 Å². The van der Waals surface area contributed by atoms with E-state index in [1.807, 2.05) is 60.7 Å². The largest absolute Gasteiger partial charge is 0.370 e. The summed E-state index contributed by atoms with van der Waals surface area (Å²) in [6, 6.07) is 14.9. The van der Waals surface area contributed by atoms with Gasteiger partial charge in [-0.1, -0.05) is 60.7 Å². The number of carbonyl (C=O) groups is 5. The van der Waals surface area contributed by atoms with Gasteiger partial charge < -0.3 is 33.2 Å². The zero-order valence-corrected chi connectivity index (χ0v) is 21.2. The van der Waals surface area contributed by atoms with Crippen molar-refractivity contribution < 1.29 is 24.0 Å². The summed E-state index contributed by atoms with van der Waals surface area (Å²) < 4.78 is 0. The Labute approximate surface area is 221 Å². The lowest BCUT2D eigenvalue weighted by Crippen LogP contribution is -2.57. The first-order chi connectivity index (χ1) is 18.2. The third kappa shape index (κ3) is 10.8. The van der Waals surface area contributed by atoms with Crippen LogP contribution in [0.3, 0.4) is 0 Å². The van der Waals surface area contributed by atoms with E-state index in [-0.39, 0.29) is 25.2 Å². The summed E-state index contributed by atoms with van der Waals surface area (Å²) in [5, 5.41) is 7.86. The number of nitrogens with one attached hydrogen (secondary N) is 3. The summed E-state index contributed by atoms with van der Waals surface area (Å²) in [6.07, 6.45) is 1.11. The van der Waals surface area contributed by atoms with Crippen molar-refractivity contribution in [3.8, 4) is 0 Å². The summed E-state index contributed by atoms with van der Waals surface area (Å²) in [6.45, 7) is 0.389. The SMILES string of the molecule is NCCCC[C@H](NC(=O)[C@H](Cc1ccccc1)NC(=O)Cc1ccccc1)C(=O)N[C@@H](CC(N)=O)C(N)=O. The fourth-order valence-electron chi connectivity index (χ4n) is 3.82. The van der Waals surface area contributed by atoms with E-state index in [9.17, 15) is 24.0 Å². The number of rotatable bonds is 16. The molecule has 0 aliphatic rings. The Kier molecular flexibility index (Phi) is 12.4. The standard InChI is InChI=1S/C27H36N6O5/c28-14-8-7-13-20(26(37)33-21(25(30)36)17-23(29)34)32-27(38)22(15-18-9-3-1-4-10-18)31-24(35)16-19-11-5-2-6-12-19/h1-6,9-12,20-22H,7-8,13-17,28H2,(H2,29,34)(H2,30,36)(H,31,35)(H,32,38)(H,33,37)/t20-,21-,22-/m0/s1. The molecule has 11 heteroatoms. The van der Waals surface area contributed by atoms with E-state index >= 15 is 0 Å². The second-order valence-electron chi connectivity index (χ2n) is 8.95. The monoisotopic (exact) mass is 524 g/mol. The van der Waals surface area contributed by atoms with Gasteiger partial charge in [-0.05, 0) is 36.9 Å². The molecule has 0 aliphatic heterocycles. The van der Waals surface area contributed by atoms with Gasteiger partial charge in [-0.25, -0.2) is 0 Å². The number of hydrogen-bond acceptors (Lipinski definition) is 6. The first-order valence-electron chi connectivity index (χ1n) is 12.4. The molecule has 38 heavy (non-hydrogen) atoms. The van der Waals surface area contributed by atoms with Crippen molar-refractivity contribution in [3.63, 3.8) is 0 Å².